The minimum Gasteiger partial charge on any atom is -0.477 e. The van der Waals surface area contributed by atoms with Crippen molar-refractivity contribution in [1.29, 1.82) is 0 Å². The number of aromatic amines is 1. The molecule has 6 nitrogen and oxygen atoms in total. The van der Waals surface area contributed by atoms with E-state index in [-0.39, 0.29) is 17.5 Å². The van der Waals surface area contributed by atoms with Gasteiger partial charge >= 0.3 is 5.97 Å². The van der Waals surface area contributed by atoms with Gasteiger partial charge in [-0.05, 0) is 37.8 Å². The number of aromatic carboxylic acids is 1. The second-order valence-electron chi connectivity index (χ2n) is 7.50. The average Bonchev–Trinajstić information content (AvgIpc) is 3.37. The van der Waals surface area contributed by atoms with E-state index in [1.54, 1.807) is 6.07 Å². The van der Waals surface area contributed by atoms with Crippen molar-refractivity contribution in [3.8, 4) is 0 Å². The number of nitrogens with one attached hydrogen (secondary N) is 2. The molecule has 138 valence electrons. The number of hydrogen-bond donors (Lipinski definition) is 4. The molecule has 2 saturated carbocycles. The number of H-pyrrole nitrogens is 1. The van der Waals surface area contributed by atoms with Crippen LogP contribution in [0.3, 0.4) is 0 Å². The summed E-state index contributed by atoms with van der Waals surface area (Å²) in [6.07, 6.45) is 7.00. The summed E-state index contributed by atoms with van der Waals surface area (Å²) in [6, 6.07) is 3.02. The van der Waals surface area contributed by atoms with Gasteiger partial charge in [0.15, 0.2) is 0 Å². The lowest BCUT2D eigenvalue weighted by molar-refractivity contribution is 0.0695. The molecule has 2 aliphatic carbocycles. The van der Waals surface area contributed by atoms with Crippen LogP contribution < -0.4 is 16.5 Å². The molecule has 0 amide bonds. The average molecular weight is 359 g/mol. The maximum atomic E-state index is 14.8. The van der Waals surface area contributed by atoms with Gasteiger partial charge in [-0.2, -0.15) is 0 Å². The number of carboxylic acid groups (broad SMARTS) is 1. The Labute approximate surface area is 149 Å². The van der Waals surface area contributed by atoms with Gasteiger partial charge in [-0.1, -0.05) is 12.8 Å². The molecule has 0 radical (unpaired) electrons. The van der Waals surface area contributed by atoms with Crippen LogP contribution in [0.1, 0.15) is 54.4 Å². The summed E-state index contributed by atoms with van der Waals surface area (Å²) in [5, 5.41) is 12.7. The normalized spacial score (nSPS) is 24.5. The lowest BCUT2D eigenvalue weighted by Gasteiger charge is -2.33. The molecule has 0 aliphatic heterocycles. The van der Waals surface area contributed by atoms with Crippen LogP contribution in [0, 0.1) is 5.82 Å². The molecular formula is C19H22FN3O3. The van der Waals surface area contributed by atoms with Crippen LogP contribution in [-0.2, 0) is 5.54 Å². The van der Waals surface area contributed by atoms with Gasteiger partial charge in [0, 0.05) is 40.3 Å². The van der Waals surface area contributed by atoms with Gasteiger partial charge in [0.05, 0.1) is 0 Å². The summed E-state index contributed by atoms with van der Waals surface area (Å²) in [7, 11) is 0. The molecule has 7 heteroatoms. The van der Waals surface area contributed by atoms with Crippen LogP contribution in [0.2, 0.25) is 0 Å². The monoisotopic (exact) mass is 359 g/mol. The predicted molar refractivity (Wildman–Crippen MR) is 95.8 cm³/mol. The highest BCUT2D eigenvalue weighted by atomic mass is 19.1. The molecule has 2 fully saturated rings. The Morgan fingerprint density at radius 1 is 1.31 bits per heavy atom. The van der Waals surface area contributed by atoms with E-state index >= 15 is 0 Å². The minimum atomic E-state index is -1.33. The second-order valence-corrected chi connectivity index (χ2v) is 7.50. The zero-order valence-electron chi connectivity index (χ0n) is 14.3. The van der Waals surface area contributed by atoms with Gasteiger partial charge in [0.1, 0.15) is 11.4 Å². The highest BCUT2D eigenvalue weighted by Crippen LogP contribution is 2.48. The van der Waals surface area contributed by atoms with Crippen LogP contribution in [0.5, 0.6) is 0 Å². The molecule has 2 atom stereocenters. The number of rotatable bonds is 4. The lowest BCUT2D eigenvalue weighted by Crippen LogP contribution is -2.51. The summed E-state index contributed by atoms with van der Waals surface area (Å²) in [6.45, 7) is 0. The molecule has 0 saturated heterocycles. The molecule has 1 heterocycles. The number of benzene rings is 1. The first kappa shape index (κ1) is 17.2. The first-order chi connectivity index (χ1) is 12.4. The number of pyridine rings is 1. The molecule has 26 heavy (non-hydrogen) atoms. The first-order valence-corrected chi connectivity index (χ1v) is 9.03. The highest BCUT2D eigenvalue weighted by Gasteiger charge is 2.48. The Hall–Kier alpha value is -2.25. The smallest absolute Gasteiger partial charge is 0.341 e. The predicted octanol–water partition coefficient (Wildman–Crippen LogP) is 2.21. The topological polar surface area (TPSA) is 108 Å². The molecular weight excluding hydrogens is 337 g/mol. The fourth-order valence-corrected chi connectivity index (χ4v) is 4.08. The van der Waals surface area contributed by atoms with Crippen molar-refractivity contribution in [2.45, 2.75) is 56.1 Å². The zero-order chi connectivity index (χ0) is 18.5. The first-order valence-electron chi connectivity index (χ1n) is 9.03. The third-order valence-corrected chi connectivity index (χ3v) is 5.75. The van der Waals surface area contributed by atoms with Crippen molar-refractivity contribution < 1.29 is 14.3 Å². The maximum Gasteiger partial charge on any atom is 0.341 e. The van der Waals surface area contributed by atoms with Gasteiger partial charge in [-0.15, -0.1) is 0 Å². The van der Waals surface area contributed by atoms with Gasteiger partial charge < -0.3 is 21.1 Å². The molecule has 2 unspecified atom stereocenters. The number of hydrogen-bond acceptors (Lipinski definition) is 4. The standard InChI is InChI=1S/C19H22FN3O3/c20-13-7-10-16(22-9-11(17(10)24)18(25)26)8-12(13)19(5-6-19)23-15-4-2-1-3-14(15)21/h7-9,14-15,23H,1-6,21H2,(H,22,24)(H,25,26). The van der Waals surface area contributed by atoms with Crippen LogP contribution >= 0.6 is 0 Å². The van der Waals surface area contributed by atoms with Crippen LogP contribution in [0.15, 0.2) is 23.1 Å². The largest absolute Gasteiger partial charge is 0.477 e. The van der Waals surface area contributed by atoms with E-state index in [0.717, 1.165) is 44.6 Å². The van der Waals surface area contributed by atoms with Crippen molar-refractivity contribution >= 4 is 16.9 Å². The third kappa shape index (κ3) is 2.81. The van der Waals surface area contributed by atoms with Crippen molar-refractivity contribution in [3.63, 3.8) is 0 Å². The Balaban J connectivity index is 1.72. The van der Waals surface area contributed by atoms with E-state index in [1.807, 2.05) is 0 Å². The zero-order valence-corrected chi connectivity index (χ0v) is 14.3. The molecule has 2 aromatic rings. The molecule has 1 aromatic carbocycles. The summed E-state index contributed by atoms with van der Waals surface area (Å²) >= 11 is 0. The van der Waals surface area contributed by atoms with Gasteiger partial charge in [-0.3, -0.25) is 4.79 Å². The molecule has 0 bridgehead atoms. The lowest BCUT2D eigenvalue weighted by atomic mass is 9.89. The Morgan fingerprint density at radius 2 is 2.04 bits per heavy atom. The van der Waals surface area contributed by atoms with Crippen molar-refractivity contribution in [2.24, 2.45) is 5.73 Å². The summed E-state index contributed by atoms with van der Waals surface area (Å²) in [5.41, 5.74) is 5.67. The van der Waals surface area contributed by atoms with E-state index in [0.29, 0.717) is 11.1 Å². The van der Waals surface area contributed by atoms with E-state index in [1.165, 1.54) is 6.20 Å². The van der Waals surface area contributed by atoms with Crippen molar-refractivity contribution in [1.82, 2.24) is 10.3 Å². The SMILES string of the molecule is NC1CCCCC1NC1(c2cc3[nH]cc(C(=O)O)c(=O)c3cc2F)CC1. The molecule has 2 aliphatic rings. The summed E-state index contributed by atoms with van der Waals surface area (Å²) in [4.78, 5) is 26.2. The van der Waals surface area contributed by atoms with E-state index in [4.69, 9.17) is 10.8 Å². The Bertz CT molecular complexity index is 936. The molecule has 0 spiro atoms. The van der Waals surface area contributed by atoms with Crippen LogP contribution in [0.4, 0.5) is 4.39 Å². The van der Waals surface area contributed by atoms with E-state index in [2.05, 4.69) is 10.3 Å². The molecule has 5 N–H and O–H groups in total. The van der Waals surface area contributed by atoms with Gasteiger partial charge in [0.25, 0.3) is 0 Å². The fourth-order valence-electron chi connectivity index (χ4n) is 4.08. The van der Waals surface area contributed by atoms with Crippen LogP contribution in [0.25, 0.3) is 10.9 Å². The molecule has 1 aromatic heterocycles. The second kappa shape index (κ2) is 6.17. The van der Waals surface area contributed by atoms with E-state index < -0.39 is 28.3 Å². The van der Waals surface area contributed by atoms with Crippen molar-refractivity contribution in [3.05, 3.63) is 45.5 Å². The summed E-state index contributed by atoms with van der Waals surface area (Å²) in [5.74, 6) is -1.82. The molecule has 4 rings (SSSR count). The minimum absolute atomic E-state index is 0.0521. The van der Waals surface area contributed by atoms with Crippen molar-refractivity contribution in [2.75, 3.05) is 0 Å². The van der Waals surface area contributed by atoms with E-state index in [9.17, 15) is 14.0 Å². The number of nitrogens with two attached hydrogens (primary N) is 1. The number of fused-ring (bicyclic) bond motifs is 1. The Kier molecular flexibility index (Phi) is 4.08. The fraction of sp³-hybridized carbons (Fsp3) is 0.474. The number of carboxylic acids is 1. The maximum absolute atomic E-state index is 14.8. The van der Waals surface area contributed by atoms with Crippen LogP contribution in [-0.4, -0.2) is 28.1 Å². The Morgan fingerprint density at radius 3 is 2.69 bits per heavy atom. The third-order valence-electron chi connectivity index (χ3n) is 5.75. The number of halogens is 1. The summed E-state index contributed by atoms with van der Waals surface area (Å²) < 4.78 is 14.8. The quantitative estimate of drug-likeness (QED) is 0.669. The van der Waals surface area contributed by atoms with Gasteiger partial charge in [0.2, 0.25) is 5.43 Å². The highest BCUT2D eigenvalue weighted by molar-refractivity contribution is 5.92. The number of carbonyl (C=O) groups is 1. The van der Waals surface area contributed by atoms with Gasteiger partial charge in [-0.25, -0.2) is 9.18 Å². The number of aromatic nitrogens is 1.